The summed E-state index contributed by atoms with van der Waals surface area (Å²) in [5.74, 6) is 0.165. The van der Waals surface area contributed by atoms with Crippen molar-refractivity contribution >= 4 is 87.8 Å². The standard InChI is InChI=1S/C25H22N8O2.2Na/c1-14-11-12-17(13-15(14)2)33-25(35)22(16(3)30-33)26-27-23-19(18-7-4-5-10-21(18)34)8-6-9-20(23)24-28-31-32-29-24;;/h4-13,27,34H,1-3H3,(H,28,29,31,32);;. The third-order valence-electron chi connectivity index (χ3n) is 5.86. The van der Waals surface area contributed by atoms with E-state index < -0.39 is 0 Å². The maximum Gasteiger partial charge on any atom is 0.301 e. The number of phenolic OH excluding ortho intramolecular Hbond substituents is 1. The van der Waals surface area contributed by atoms with Gasteiger partial charge < -0.3 is 5.11 Å². The second-order valence-corrected chi connectivity index (χ2v) is 8.14. The average Bonchev–Trinajstić information content (AvgIpc) is 3.48. The summed E-state index contributed by atoms with van der Waals surface area (Å²) in [6.07, 6.45) is 0. The first-order valence-corrected chi connectivity index (χ1v) is 10.9. The van der Waals surface area contributed by atoms with E-state index in [9.17, 15) is 9.90 Å². The molecule has 2 heterocycles. The van der Waals surface area contributed by atoms with E-state index in [0.717, 1.165) is 11.1 Å². The maximum absolute atomic E-state index is 13.2. The van der Waals surface area contributed by atoms with Gasteiger partial charge >= 0.3 is 5.91 Å². The number of rotatable bonds is 5. The minimum Gasteiger partial charge on any atom is -0.507 e. The number of hydrogen-bond donors (Lipinski definition) is 3. The number of tetrazole rings is 1. The fourth-order valence-corrected chi connectivity index (χ4v) is 3.84. The van der Waals surface area contributed by atoms with Gasteiger partial charge in [-0.25, -0.2) is 5.10 Å². The Labute approximate surface area is 257 Å². The van der Waals surface area contributed by atoms with Crippen LogP contribution in [0.5, 0.6) is 5.75 Å². The topological polar surface area (TPSA) is 132 Å². The molecular formula is C25H22N8Na2O2. The second-order valence-electron chi connectivity index (χ2n) is 8.14. The molecule has 2 radical (unpaired) electrons. The Balaban J connectivity index is 0.00000190. The van der Waals surface area contributed by atoms with E-state index in [1.54, 1.807) is 25.1 Å². The van der Waals surface area contributed by atoms with Gasteiger partial charge in [-0.05, 0) is 66.6 Å². The number of nitrogens with one attached hydrogen (secondary N) is 2. The third-order valence-corrected chi connectivity index (χ3v) is 5.86. The summed E-state index contributed by atoms with van der Waals surface area (Å²) in [7, 11) is 0. The molecule has 0 spiro atoms. The van der Waals surface area contributed by atoms with Gasteiger partial charge in [0.05, 0.1) is 17.1 Å². The monoisotopic (exact) mass is 512 g/mol. The van der Waals surface area contributed by atoms with Crippen LogP contribution >= 0.6 is 0 Å². The van der Waals surface area contributed by atoms with Crippen LogP contribution in [0.1, 0.15) is 18.1 Å². The molecule has 1 aliphatic heterocycles. The Hall–Kier alpha value is -2.86. The van der Waals surface area contributed by atoms with Crippen LogP contribution in [0, 0.1) is 13.8 Å². The van der Waals surface area contributed by atoms with Crippen LogP contribution in [0.3, 0.4) is 0 Å². The number of carbonyl (C=O) groups excluding carboxylic acids is 1. The average molecular weight is 512 g/mol. The van der Waals surface area contributed by atoms with Crippen molar-refractivity contribution in [3.05, 3.63) is 71.8 Å². The molecule has 0 fully saturated rings. The molecule has 1 aromatic heterocycles. The molecule has 4 aromatic rings. The largest absolute Gasteiger partial charge is 0.507 e. The van der Waals surface area contributed by atoms with Gasteiger partial charge in [-0.2, -0.15) is 15.2 Å². The Morgan fingerprint density at radius 2 is 1.65 bits per heavy atom. The van der Waals surface area contributed by atoms with E-state index in [0.29, 0.717) is 39.6 Å². The van der Waals surface area contributed by atoms with Crippen molar-refractivity contribution in [1.82, 2.24) is 20.6 Å². The van der Waals surface area contributed by atoms with Crippen LogP contribution in [0.4, 0.5) is 11.4 Å². The number of aryl methyl sites for hydroxylation is 2. The zero-order chi connectivity index (χ0) is 24.5. The number of aromatic nitrogens is 4. The number of carbonyl (C=O) groups is 1. The van der Waals surface area contributed by atoms with Gasteiger partial charge in [0.25, 0.3) is 0 Å². The molecule has 0 unspecified atom stereocenters. The van der Waals surface area contributed by atoms with Crippen LogP contribution < -0.4 is 10.4 Å². The number of benzene rings is 3. The first-order valence-electron chi connectivity index (χ1n) is 10.9. The van der Waals surface area contributed by atoms with E-state index in [-0.39, 0.29) is 76.5 Å². The number of aromatic amines is 1. The number of aromatic hydroxyl groups is 1. The summed E-state index contributed by atoms with van der Waals surface area (Å²) in [5, 5.41) is 34.8. The number of hydrogen-bond acceptors (Lipinski definition) is 8. The van der Waals surface area contributed by atoms with Crippen LogP contribution in [0.2, 0.25) is 0 Å². The van der Waals surface area contributed by atoms with Crippen molar-refractivity contribution in [2.45, 2.75) is 20.8 Å². The summed E-state index contributed by atoms with van der Waals surface area (Å²) >= 11 is 0. The van der Waals surface area contributed by atoms with Crippen molar-refractivity contribution in [1.29, 1.82) is 0 Å². The van der Waals surface area contributed by atoms with Gasteiger partial charge in [-0.15, -0.1) is 5.10 Å². The fraction of sp³-hybridized carbons (Fsp3) is 0.120. The molecule has 0 saturated carbocycles. The van der Waals surface area contributed by atoms with Gasteiger partial charge in [-0.3, -0.25) is 10.2 Å². The van der Waals surface area contributed by atoms with Gasteiger partial charge in [0.2, 0.25) is 0 Å². The molecule has 10 nitrogen and oxygen atoms in total. The SMILES string of the molecule is CC1=NN(c2ccc(C)c(C)c2)C(=O)C1=NNc1c(-c2nnn[nH]2)cccc1-c1ccccc1O.[Na].[Na]. The van der Waals surface area contributed by atoms with Gasteiger partial charge in [-0.1, -0.05) is 36.4 Å². The minimum atomic E-state index is -0.346. The molecule has 3 aromatic carbocycles. The van der Waals surface area contributed by atoms with E-state index in [2.05, 4.69) is 36.3 Å². The summed E-state index contributed by atoms with van der Waals surface area (Å²) in [6.45, 7) is 5.73. The van der Waals surface area contributed by atoms with Gasteiger partial charge in [0, 0.05) is 75.8 Å². The Bertz CT molecular complexity index is 1500. The molecule has 176 valence electrons. The van der Waals surface area contributed by atoms with Crippen LogP contribution in [-0.2, 0) is 4.79 Å². The smallest absolute Gasteiger partial charge is 0.301 e. The Morgan fingerprint density at radius 3 is 2.35 bits per heavy atom. The molecular weight excluding hydrogens is 490 g/mol. The predicted molar refractivity (Wildman–Crippen MR) is 146 cm³/mol. The second kappa shape index (κ2) is 12.1. The van der Waals surface area contributed by atoms with E-state index >= 15 is 0 Å². The zero-order valence-electron chi connectivity index (χ0n) is 21.3. The van der Waals surface area contributed by atoms with Crippen molar-refractivity contribution in [3.63, 3.8) is 0 Å². The molecule has 0 saturated heterocycles. The zero-order valence-corrected chi connectivity index (χ0v) is 25.3. The third kappa shape index (κ3) is 5.69. The summed E-state index contributed by atoms with van der Waals surface area (Å²) in [4.78, 5) is 13.2. The van der Waals surface area contributed by atoms with E-state index in [1.807, 2.05) is 56.3 Å². The number of para-hydroxylation sites is 2. The van der Waals surface area contributed by atoms with Crippen LogP contribution in [0.15, 0.2) is 70.9 Å². The first kappa shape index (κ1) is 28.7. The van der Waals surface area contributed by atoms with E-state index in [1.165, 1.54) is 5.01 Å². The minimum absolute atomic E-state index is 0. The molecule has 0 atom stereocenters. The van der Waals surface area contributed by atoms with Crippen molar-refractivity contribution < 1.29 is 9.90 Å². The molecule has 37 heavy (non-hydrogen) atoms. The van der Waals surface area contributed by atoms with Gasteiger partial charge in [0.15, 0.2) is 11.5 Å². The molecule has 12 heteroatoms. The van der Waals surface area contributed by atoms with Crippen molar-refractivity contribution in [2.75, 3.05) is 10.4 Å². The summed E-state index contributed by atoms with van der Waals surface area (Å²) in [6, 6.07) is 18.2. The molecule has 1 amide bonds. The summed E-state index contributed by atoms with van der Waals surface area (Å²) < 4.78 is 0. The predicted octanol–water partition coefficient (Wildman–Crippen LogP) is 3.29. The first-order chi connectivity index (χ1) is 16.9. The Morgan fingerprint density at radius 1 is 0.919 bits per heavy atom. The van der Waals surface area contributed by atoms with Crippen LogP contribution in [-0.4, -0.2) is 102 Å². The number of hydrazone groups is 2. The normalized spacial score (nSPS) is 13.7. The maximum atomic E-state index is 13.2. The van der Waals surface area contributed by atoms with Crippen molar-refractivity contribution in [3.8, 4) is 28.3 Å². The number of amides is 1. The number of anilines is 2. The van der Waals surface area contributed by atoms with Crippen molar-refractivity contribution in [2.24, 2.45) is 10.2 Å². The molecule has 1 aliphatic rings. The number of H-pyrrole nitrogens is 1. The molecule has 0 bridgehead atoms. The van der Waals surface area contributed by atoms with E-state index in [4.69, 9.17) is 0 Å². The molecule has 3 N–H and O–H groups in total. The Kier molecular flexibility index (Phi) is 9.41. The fourth-order valence-electron chi connectivity index (χ4n) is 3.84. The number of nitrogens with zero attached hydrogens (tertiary/aromatic N) is 6. The van der Waals surface area contributed by atoms with Gasteiger partial charge in [0.1, 0.15) is 5.75 Å². The quantitative estimate of drug-likeness (QED) is 0.278. The summed E-state index contributed by atoms with van der Waals surface area (Å²) in [5.41, 5.74) is 8.93. The molecule has 0 aliphatic carbocycles. The molecule has 5 rings (SSSR count). The van der Waals surface area contributed by atoms with Crippen LogP contribution in [0.25, 0.3) is 22.5 Å². The number of phenols is 1.